The van der Waals surface area contributed by atoms with Crippen LogP contribution in [0.5, 0.6) is 0 Å². The molecule has 17 heavy (non-hydrogen) atoms. The first-order valence-electron chi connectivity index (χ1n) is 5.94. The van der Waals surface area contributed by atoms with Crippen LogP contribution >= 0.6 is 0 Å². The molecule has 0 unspecified atom stereocenters. The second kappa shape index (κ2) is 3.32. The smallest absolute Gasteiger partial charge is 0.324 e. The van der Waals surface area contributed by atoms with Crippen molar-refractivity contribution in [2.75, 3.05) is 6.54 Å². The van der Waals surface area contributed by atoms with E-state index in [2.05, 4.69) is 4.98 Å². The lowest BCUT2D eigenvalue weighted by Crippen LogP contribution is -2.58. The number of fused-ring (bicyclic) bond motifs is 1. The molecule has 4 rings (SSSR count). The molecule has 0 aromatic carbocycles. The fourth-order valence-electron chi connectivity index (χ4n) is 3.34. The number of aliphatic carboxylic acids is 1. The topological polar surface area (TPSA) is 66.6 Å². The Bertz CT molecular complexity index is 470. The van der Waals surface area contributed by atoms with Crippen molar-refractivity contribution in [1.82, 2.24) is 9.88 Å². The van der Waals surface area contributed by atoms with Crippen LogP contribution in [0, 0.1) is 18.8 Å². The van der Waals surface area contributed by atoms with Gasteiger partial charge in [0.05, 0.1) is 12.7 Å². The Labute approximate surface area is 99.4 Å². The van der Waals surface area contributed by atoms with Gasteiger partial charge in [0.15, 0.2) is 0 Å². The summed E-state index contributed by atoms with van der Waals surface area (Å²) in [5, 5.41) is 9.44. The van der Waals surface area contributed by atoms with Gasteiger partial charge in [0.2, 0.25) is 5.89 Å². The average Bonchev–Trinajstić information content (AvgIpc) is 2.90. The van der Waals surface area contributed by atoms with E-state index in [0.29, 0.717) is 18.4 Å². The van der Waals surface area contributed by atoms with Crippen LogP contribution in [0.2, 0.25) is 0 Å². The minimum Gasteiger partial charge on any atom is -0.480 e. The van der Waals surface area contributed by atoms with Crippen molar-refractivity contribution >= 4 is 5.97 Å². The number of rotatable bonds is 3. The van der Waals surface area contributed by atoms with Gasteiger partial charge < -0.3 is 9.52 Å². The third kappa shape index (κ3) is 1.29. The second-order valence-electron chi connectivity index (χ2n) is 5.23. The Balaban J connectivity index is 1.83. The van der Waals surface area contributed by atoms with Crippen molar-refractivity contribution in [3.05, 3.63) is 17.8 Å². The molecular weight excluding hydrogens is 220 g/mol. The molecule has 1 N–H and O–H groups in total. The highest BCUT2D eigenvalue weighted by Gasteiger charge is 2.66. The summed E-state index contributed by atoms with van der Waals surface area (Å²) in [6.45, 7) is 5.22. The van der Waals surface area contributed by atoms with E-state index in [1.165, 1.54) is 0 Å². The monoisotopic (exact) mass is 236 g/mol. The third-order valence-corrected chi connectivity index (χ3v) is 4.42. The van der Waals surface area contributed by atoms with Crippen LogP contribution < -0.4 is 0 Å². The van der Waals surface area contributed by atoms with Crippen LogP contribution in [-0.4, -0.2) is 33.0 Å². The number of aromatic nitrogens is 1. The van der Waals surface area contributed by atoms with Gasteiger partial charge in [0.25, 0.3) is 0 Å². The van der Waals surface area contributed by atoms with E-state index in [1.807, 2.05) is 18.7 Å². The zero-order valence-electron chi connectivity index (χ0n) is 10.0. The normalized spacial score (nSPS) is 35.9. The van der Waals surface area contributed by atoms with Crippen molar-refractivity contribution in [3.8, 4) is 0 Å². The summed E-state index contributed by atoms with van der Waals surface area (Å²) in [4.78, 5) is 17.6. The summed E-state index contributed by atoms with van der Waals surface area (Å²) in [5.74, 6) is 1.42. The molecule has 5 nitrogen and oxygen atoms in total. The minimum absolute atomic E-state index is 0.232. The summed E-state index contributed by atoms with van der Waals surface area (Å²) in [5.41, 5.74) is -0.674. The van der Waals surface area contributed by atoms with Crippen molar-refractivity contribution in [3.63, 3.8) is 0 Å². The molecule has 0 spiro atoms. The lowest BCUT2D eigenvalue weighted by molar-refractivity contribution is -0.158. The van der Waals surface area contributed by atoms with Crippen LogP contribution in [0.25, 0.3) is 0 Å². The summed E-state index contributed by atoms with van der Waals surface area (Å²) >= 11 is 0. The highest BCUT2D eigenvalue weighted by molar-refractivity contribution is 5.81. The van der Waals surface area contributed by atoms with E-state index < -0.39 is 11.5 Å². The molecular formula is C12H16N2O3. The molecule has 3 fully saturated rings. The fourth-order valence-corrected chi connectivity index (χ4v) is 3.34. The van der Waals surface area contributed by atoms with Gasteiger partial charge >= 0.3 is 5.97 Å². The average molecular weight is 236 g/mol. The van der Waals surface area contributed by atoms with Crippen molar-refractivity contribution in [2.45, 2.75) is 32.4 Å². The fraction of sp³-hybridized carbons (Fsp3) is 0.667. The van der Waals surface area contributed by atoms with Gasteiger partial charge in [-0.25, -0.2) is 4.98 Å². The molecule has 1 aliphatic carbocycles. The summed E-state index contributed by atoms with van der Waals surface area (Å²) < 4.78 is 5.43. The summed E-state index contributed by atoms with van der Waals surface area (Å²) in [6.07, 6.45) is 2.44. The van der Waals surface area contributed by atoms with Crippen LogP contribution in [0.4, 0.5) is 0 Å². The number of carbonyl (C=O) groups is 1. The Morgan fingerprint density at radius 1 is 1.76 bits per heavy atom. The predicted molar refractivity (Wildman–Crippen MR) is 59.3 cm³/mol. The highest BCUT2D eigenvalue weighted by Crippen LogP contribution is 2.55. The van der Waals surface area contributed by atoms with E-state index >= 15 is 0 Å². The van der Waals surface area contributed by atoms with Crippen molar-refractivity contribution in [2.24, 2.45) is 11.8 Å². The van der Waals surface area contributed by atoms with E-state index in [1.54, 1.807) is 6.20 Å². The Morgan fingerprint density at radius 2 is 2.53 bits per heavy atom. The first-order valence-corrected chi connectivity index (χ1v) is 5.94. The van der Waals surface area contributed by atoms with Crippen LogP contribution in [0.3, 0.4) is 0 Å². The quantitative estimate of drug-likeness (QED) is 0.856. The van der Waals surface area contributed by atoms with E-state index in [0.717, 1.165) is 18.7 Å². The molecule has 5 heteroatoms. The molecule has 92 valence electrons. The van der Waals surface area contributed by atoms with Gasteiger partial charge in [-0.3, -0.25) is 9.69 Å². The van der Waals surface area contributed by atoms with E-state index in [4.69, 9.17) is 4.42 Å². The minimum atomic E-state index is -0.706. The molecule has 0 radical (unpaired) electrons. The number of aryl methyl sites for hydroxylation is 1. The molecule has 2 saturated heterocycles. The number of oxazole rings is 1. The Morgan fingerprint density at radius 3 is 3.06 bits per heavy atom. The maximum Gasteiger partial charge on any atom is 0.324 e. The largest absolute Gasteiger partial charge is 0.480 e. The second-order valence-corrected chi connectivity index (χ2v) is 5.23. The number of hydrogen-bond donors (Lipinski definition) is 1. The van der Waals surface area contributed by atoms with E-state index in [-0.39, 0.29) is 5.92 Å². The molecule has 2 bridgehead atoms. The first kappa shape index (κ1) is 10.8. The Kier molecular flexibility index (Phi) is 2.10. The zero-order valence-corrected chi connectivity index (χ0v) is 10.0. The zero-order chi connectivity index (χ0) is 12.2. The number of carboxylic acids is 1. The van der Waals surface area contributed by atoms with Gasteiger partial charge in [-0.15, -0.1) is 0 Å². The maximum atomic E-state index is 11.5. The molecule has 3 heterocycles. The summed E-state index contributed by atoms with van der Waals surface area (Å²) in [6, 6.07) is 0. The molecule has 3 atom stereocenters. The van der Waals surface area contributed by atoms with Crippen LogP contribution in [0.15, 0.2) is 10.6 Å². The number of nitrogens with zero attached hydrogens (tertiary/aromatic N) is 2. The molecule has 2 aliphatic heterocycles. The lowest BCUT2D eigenvalue weighted by atomic mass is 9.64. The van der Waals surface area contributed by atoms with Crippen LogP contribution in [0.1, 0.15) is 25.0 Å². The SMILES string of the molecule is Cc1cnc(CN2C[C@@H]3C[C@@]2(C(=O)O)[C@@H]3C)o1. The number of hydrogen-bond acceptors (Lipinski definition) is 4. The predicted octanol–water partition coefficient (Wildman–Crippen LogP) is 1.28. The van der Waals surface area contributed by atoms with Gasteiger partial charge in [0, 0.05) is 6.54 Å². The maximum absolute atomic E-state index is 11.5. The third-order valence-electron chi connectivity index (χ3n) is 4.42. The molecule has 1 aromatic heterocycles. The summed E-state index contributed by atoms with van der Waals surface area (Å²) in [7, 11) is 0. The Hall–Kier alpha value is -1.36. The lowest BCUT2D eigenvalue weighted by Gasteiger charge is -2.44. The van der Waals surface area contributed by atoms with Gasteiger partial charge in [-0.1, -0.05) is 6.92 Å². The number of carboxylic acid groups (broad SMARTS) is 1. The van der Waals surface area contributed by atoms with Crippen molar-refractivity contribution < 1.29 is 14.3 Å². The molecule has 3 aliphatic rings. The molecule has 0 amide bonds. The molecule has 1 saturated carbocycles. The van der Waals surface area contributed by atoms with Gasteiger partial charge in [-0.05, 0) is 25.2 Å². The first-order chi connectivity index (χ1) is 8.04. The van der Waals surface area contributed by atoms with E-state index in [9.17, 15) is 9.90 Å². The van der Waals surface area contributed by atoms with Gasteiger partial charge in [-0.2, -0.15) is 0 Å². The standard InChI is InChI=1S/C12H16N2O3/c1-7-4-13-10(17-7)6-14-5-9-3-12(14,8(9)2)11(15)16/h4,8-9H,3,5-6H2,1-2H3,(H,15,16)/t8-,9+,12+/m1/s1. The highest BCUT2D eigenvalue weighted by atomic mass is 16.4. The molecule has 1 aromatic rings. The van der Waals surface area contributed by atoms with Crippen LogP contribution in [-0.2, 0) is 11.3 Å². The van der Waals surface area contributed by atoms with Gasteiger partial charge in [0.1, 0.15) is 11.3 Å². The van der Waals surface area contributed by atoms with Crippen molar-refractivity contribution in [1.29, 1.82) is 0 Å².